The van der Waals surface area contributed by atoms with E-state index in [4.69, 9.17) is 15.2 Å². The number of ether oxygens (including phenoxy) is 2. The lowest BCUT2D eigenvalue weighted by Crippen LogP contribution is -2.32. The van der Waals surface area contributed by atoms with Crippen LogP contribution in [-0.2, 0) is 11.3 Å². The minimum absolute atomic E-state index is 0.174. The van der Waals surface area contributed by atoms with Gasteiger partial charge in [-0.25, -0.2) is 0 Å². The average Bonchev–Trinajstić information content (AvgIpc) is 3.34. The van der Waals surface area contributed by atoms with Crippen LogP contribution in [-0.4, -0.2) is 37.6 Å². The minimum atomic E-state index is 0.174. The molecule has 1 aliphatic carbocycles. The summed E-state index contributed by atoms with van der Waals surface area (Å²) in [7, 11) is 3.28. The topological polar surface area (TPSA) is 64.8 Å². The van der Waals surface area contributed by atoms with Crippen molar-refractivity contribution in [2.75, 3.05) is 20.8 Å². The van der Waals surface area contributed by atoms with E-state index in [0.717, 1.165) is 36.3 Å². The van der Waals surface area contributed by atoms with Crippen molar-refractivity contribution in [1.29, 1.82) is 0 Å². The molecule has 1 saturated carbocycles. The average molecular weight is 292 g/mol. The van der Waals surface area contributed by atoms with E-state index in [-0.39, 0.29) is 5.91 Å². The molecule has 0 atom stereocenters. The molecule has 1 aromatic rings. The number of nitrogens with zero attached hydrogens (tertiary/aromatic N) is 1. The number of nitrogens with two attached hydrogens (primary N) is 1. The van der Waals surface area contributed by atoms with Crippen molar-refractivity contribution in [3.8, 4) is 11.5 Å². The Labute approximate surface area is 126 Å². The highest BCUT2D eigenvalue weighted by Crippen LogP contribution is 2.32. The summed E-state index contributed by atoms with van der Waals surface area (Å²) < 4.78 is 10.7. The summed E-state index contributed by atoms with van der Waals surface area (Å²) in [4.78, 5) is 14.3. The van der Waals surface area contributed by atoms with Crippen LogP contribution in [0.4, 0.5) is 0 Å². The summed E-state index contributed by atoms with van der Waals surface area (Å²) in [5.41, 5.74) is 6.47. The van der Waals surface area contributed by atoms with Crippen molar-refractivity contribution in [1.82, 2.24) is 4.90 Å². The third kappa shape index (κ3) is 4.11. The number of rotatable bonds is 8. The highest BCUT2D eigenvalue weighted by atomic mass is 16.5. The Bertz CT molecular complexity index is 486. The fraction of sp³-hybridized carbons (Fsp3) is 0.562. The molecule has 0 unspecified atom stereocenters. The van der Waals surface area contributed by atoms with E-state index >= 15 is 0 Å². The van der Waals surface area contributed by atoms with E-state index in [9.17, 15) is 4.79 Å². The fourth-order valence-corrected chi connectivity index (χ4v) is 2.39. The summed E-state index contributed by atoms with van der Waals surface area (Å²) >= 11 is 0. The zero-order valence-electron chi connectivity index (χ0n) is 12.8. The number of carbonyl (C=O) groups excluding carboxylic acids is 1. The SMILES string of the molecule is COc1ccc(OC)c(CN(C(=O)CCCN)C2CC2)c1. The van der Waals surface area contributed by atoms with Gasteiger partial charge in [0, 0.05) is 24.6 Å². The van der Waals surface area contributed by atoms with Crippen molar-refractivity contribution in [3.63, 3.8) is 0 Å². The standard InChI is InChI=1S/C16H24N2O3/c1-20-14-7-8-15(21-2)12(10-14)11-18(13-5-6-13)16(19)4-3-9-17/h7-8,10,13H,3-6,9,11,17H2,1-2H3. The predicted octanol–water partition coefficient (Wildman–Crippen LogP) is 1.93. The molecule has 5 nitrogen and oxygen atoms in total. The van der Waals surface area contributed by atoms with E-state index in [0.29, 0.717) is 25.6 Å². The molecule has 0 heterocycles. The Balaban J connectivity index is 2.14. The van der Waals surface area contributed by atoms with Gasteiger partial charge in [-0.15, -0.1) is 0 Å². The first-order valence-electron chi connectivity index (χ1n) is 7.40. The van der Waals surface area contributed by atoms with Gasteiger partial charge in [0.05, 0.1) is 14.2 Å². The lowest BCUT2D eigenvalue weighted by Gasteiger charge is -2.24. The van der Waals surface area contributed by atoms with Gasteiger partial charge >= 0.3 is 0 Å². The predicted molar refractivity (Wildman–Crippen MR) is 81.4 cm³/mol. The van der Waals surface area contributed by atoms with Crippen LogP contribution in [0.3, 0.4) is 0 Å². The van der Waals surface area contributed by atoms with E-state index in [2.05, 4.69) is 0 Å². The summed E-state index contributed by atoms with van der Waals surface area (Å²) in [6, 6.07) is 6.04. The van der Waals surface area contributed by atoms with Crippen molar-refractivity contribution in [2.24, 2.45) is 5.73 Å². The number of amides is 1. The third-order valence-electron chi connectivity index (χ3n) is 3.73. The second kappa shape index (κ2) is 7.31. The zero-order valence-corrected chi connectivity index (χ0v) is 12.8. The molecule has 2 N–H and O–H groups in total. The zero-order chi connectivity index (χ0) is 15.2. The molecule has 0 aliphatic heterocycles. The monoisotopic (exact) mass is 292 g/mol. The fourth-order valence-electron chi connectivity index (χ4n) is 2.39. The molecule has 2 rings (SSSR count). The first kappa shape index (κ1) is 15.6. The van der Waals surface area contributed by atoms with Gasteiger partial charge in [0.25, 0.3) is 0 Å². The van der Waals surface area contributed by atoms with Gasteiger partial charge < -0.3 is 20.1 Å². The molecule has 5 heteroatoms. The molecular formula is C16H24N2O3. The number of hydrogen-bond acceptors (Lipinski definition) is 4. The highest BCUT2D eigenvalue weighted by molar-refractivity contribution is 5.77. The second-order valence-electron chi connectivity index (χ2n) is 5.32. The van der Waals surface area contributed by atoms with Gasteiger partial charge in [-0.05, 0) is 44.0 Å². The van der Waals surface area contributed by atoms with Crippen LogP contribution in [0.25, 0.3) is 0 Å². The van der Waals surface area contributed by atoms with Gasteiger partial charge in [0.15, 0.2) is 0 Å². The van der Waals surface area contributed by atoms with Crippen molar-refractivity contribution in [2.45, 2.75) is 38.3 Å². The summed E-state index contributed by atoms with van der Waals surface area (Å²) in [5, 5.41) is 0. The molecule has 0 aromatic heterocycles. The largest absolute Gasteiger partial charge is 0.497 e. The minimum Gasteiger partial charge on any atom is -0.497 e. The van der Waals surface area contributed by atoms with Crippen molar-refractivity contribution >= 4 is 5.91 Å². The van der Waals surface area contributed by atoms with Crippen LogP contribution in [0.5, 0.6) is 11.5 Å². The molecule has 1 amide bonds. The Kier molecular flexibility index (Phi) is 5.44. The van der Waals surface area contributed by atoms with Gasteiger partial charge in [-0.1, -0.05) is 0 Å². The smallest absolute Gasteiger partial charge is 0.223 e. The summed E-state index contributed by atoms with van der Waals surface area (Å²) in [6.07, 6.45) is 3.41. The molecule has 0 radical (unpaired) electrons. The van der Waals surface area contributed by atoms with Crippen LogP contribution in [0.15, 0.2) is 18.2 Å². The van der Waals surface area contributed by atoms with Crippen LogP contribution >= 0.6 is 0 Å². The third-order valence-corrected chi connectivity index (χ3v) is 3.73. The van der Waals surface area contributed by atoms with Crippen LogP contribution in [0.1, 0.15) is 31.2 Å². The summed E-state index contributed by atoms with van der Waals surface area (Å²) in [6.45, 7) is 1.11. The quantitative estimate of drug-likeness (QED) is 0.795. The van der Waals surface area contributed by atoms with Gasteiger partial charge in [0.1, 0.15) is 11.5 Å². The Morgan fingerprint density at radius 1 is 1.33 bits per heavy atom. The molecular weight excluding hydrogens is 268 g/mol. The van der Waals surface area contributed by atoms with Crippen molar-refractivity contribution < 1.29 is 14.3 Å². The molecule has 116 valence electrons. The molecule has 21 heavy (non-hydrogen) atoms. The number of methoxy groups -OCH3 is 2. The van der Waals surface area contributed by atoms with E-state index in [1.54, 1.807) is 14.2 Å². The van der Waals surface area contributed by atoms with Gasteiger partial charge in [-0.3, -0.25) is 4.79 Å². The maximum Gasteiger partial charge on any atom is 0.223 e. The molecule has 0 spiro atoms. The maximum atomic E-state index is 12.3. The van der Waals surface area contributed by atoms with Crippen molar-refractivity contribution in [3.05, 3.63) is 23.8 Å². The first-order chi connectivity index (χ1) is 10.2. The van der Waals surface area contributed by atoms with Crippen LogP contribution in [0, 0.1) is 0 Å². The Hall–Kier alpha value is -1.75. The number of carbonyl (C=O) groups is 1. The molecule has 0 saturated heterocycles. The summed E-state index contributed by atoms with van der Waals surface area (Å²) in [5.74, 6) is 1.73. The molecule has 0 bridgehead atoms. The first-order valence-corrected chi connectivity index (χ1v) is 7.40. The van der Waals surface area contributed by atoms with Crippen LogP contribution < -0.4 is 15.2 Å². The number of benzene rings is 1. The Morgan fingerprint density at radius 3 is 2.67 bits per heavy atom. The highest BCUT2D eigenvalue weighted by Gasteiger charge is 2.32. The molecule has 1 aromatic carbocycles. The molecule has 1 aliphatic rings. The lowest BCUT2D eigenvalue weighted by atomic mass is 10.1. The van der Waals surface area contributed by atoms with E-state index in [1.807, 2.05) is 23.1 Å². The number of hydrogen-bond donors (Lipinski definition) is 1. The second-order valence-corrected chi connectivity index (χ2v) is 5.32. The van der Waals surface area contributed by atoms with Gasteiger partial charge in [0.2, 0.25) is 5.91 Å². The van der Waals surface area contributed by atoms with E-state index < -0.39 is 0 Å². The van der Waals surface area contributed by atoms with Crippen LogP contribution in [0.2, 0.25) is 0 Å². The molecule has 1 fully saturated rings. The van der Waals surface area contributed by atoms with E-state index in [1.165, 1.54) is 0 Å². The maximum absolute atomic E-state index is 12.3. The lowest BCUT2D eigenvalue weighted by molar-refractivity contribution is -0.132. The Morgan fingerprint density at radius 2 is 2.10 bits per heavy atom. The normalized spacial score (nSPS) is 13.9. The van der Waals surface area contributed by atoms with Gasteiger partial charge in [-0.2, -0.15) is 0 Å².